The molecule has 1 aliphatic heterocycles. The summed E-state index contributed by atoms with van der Waals surface area (Å²) in [5.74, 6) is 0.745. The number of rotatable bonds is 8. The Balaban J connectivity index is 1.39. The third-order valence-corrected chi connectivity index (χ3v) is 6.21. The van der Waals surface area contributed by atoms with Crippen LogP contribution in [0, 0.1) is 0 Å². The number of hydrogen-bond donors (Lipinski definition) is 1. The molecule has 0 unspecified atom stereocenters. The Labute approximate surface area is 189 Å². The standard InChI is InChI=1S/C25H32N4O3/c1-27-24-17-23(32-3)9-4-19(24)16-20(25(27)30)18-26-21-5-7-22(8-6-21)29-12-10-28(11-13-29)14-15-31-2/h4-9,16-17,26H,10-15,18H2,1-3H3. The number of pyridine rings is 1. The topological polar surface area (TPSA) is 59.0 Å². The van der Waals surface area contributed by atoms with Crippen molar-refractivity contribution in [3.63, 3.8) is 0 Å². The molecular formula is C25H32N4O3. The van der Waals surface area contributed by atoms with Crippen LogP contribution in [0.2, 0.25) is 0 Å². The van der Waals surface area contributed by atoms with E-state index in [4.69, 9.17) is 9.47 Å². The largest absolute Gasteiger partial charge is 0.497 e. The molecule has 7 nitrogen and oxygen atoms in total. The lowest BCUT2D eigenvalue weighted by atomic mass is 10.1. The van der Waals surface area contributed by atoms with Crippen molar-refractivity contribution in [3.8, 4) is 5.75 Å². The quantitative estimate of drug-likeness (QED) is 0.586. The summed E-state index contributed by atoms with van der Waals surface area (Å²) in [6, 6.07) is 16.2. The van der Waals surface area contributed by atoms with Gasteiger partial charge in [-0.3, -0.25) is 9.69 Å². The van der Waals surface area contributed by atoms with Crippen molar-refractivity contribution >= 4 is 22.3 Å². The lowest BCUT2D eigenvalue weighted by Gasteiger charge is -2.36. The summed E-state index contributed by atoms with van der Waals surface area (Å²) in [5, 5.41) is 4.42. The van der Waals surface area contributed by atoms with E-state index < -0.39 is 0 Å². The van der Waals surface area contributed by atoms with Gasteiger partial charge in [-0.1, -0.05) is 0 Å². The summed E-state index contributed by atoms with van der Waals surface area (Å²) in [5.41, 5.74) is 3.84. The maximum Gasteiger partial charge on any atom is 0.255 e. The molecule has 1 fully saturated rings. The lowest BCUT2D eigenvalue weighted by molar-refractivity contribution is 0.144. The zero-order valence-electron chi connectivity index (χ0n) is 19.1. The van der Waals surface area contributed by atoms with Gasteiger partial charge in [-0.25, -0.2) is 0 Å². The molecule has 0 radical (unpaired) electrons. The van der Waals surface area contributed by atoms with Gasteiger partial charge in [-0.2, -0.15) is 0 Å². The van der Waals surface area contributed by atoms with Crippen molar-refractivity contribution in [2.45, 2.75) is 6.54 Å². The predicted octanol–water partition coefficient (Wildman–Crippen LogP) is 2.93. The molecule has 170 valence electrons. The average Bonchev–Trinajstić information content (AvgIpc) is 2.84. The molecule has 1 N–H and O–H groups in total. The molecule has 1 aliphatic rings. The Morgan fingerprint density at radius 1 is 0.969 bits per heavy atom. The molecule has 1 aromatic heterocycles. The highest BCUT2D eigenvalue weighted by molar-refractivity contribution is 5.81. The molecule has 7 heteroatoms. The second-order valence-corrected chi connectivity index (χ2v) is 8.18. The van der Waals surface area contributed by atoms with E-state index in [0.717, 1.165) is 67.2 Å². The molecule has 0 spiro atoms. The molecule has 4 rings (SSSR count). The number of nitrogens with zero attached hydrogens (tertiary/aromatic N) is 3. The molecular weight excluding hydrogens is 404 g/mol. The maximum atomic E-state index is 12.8. The van der Waals surface area contributed by atoms with Gasteiger partial charge in [-0.15, -0.1) is 0 Å². The molecule has 3 aromatic rings. The van der Waals surface area contributed by atoms with Crippen LogP contribution in [0.5, 0.6) is 5.75 Å². The first-order valence-corrected chi connectivity index (χ1v) is 11.1. The van der Waals surface area contributed by atoms with Crippen molar-refractivity contribution in [2.75, 3.05) is 63.8 Å². The number of hydrogen-bond acceptors (Lipinski definition) is 6. The SMILES string of the molecule is COCCN1CCN(c2ccc(NCc3cc4ccc(OC)cc4n(C)c3=O)cc2)CC1. The Bertz CT molecular complexity index is 1100. The Kier molecular flexibility index (Phi) is 6.97. The minimum Gasteiger partial charge on any atom is -0.497 e. The third kappa shape index (κ3) is 4.89. The fourth-order valence-electron chi connectivity index (χ4n) is 4.20. The number of nitrogens with one attached hydrogen (secondary N) is 1. The van der Waals surface area contributed by atoms with Crippen LogP contribution >= 0.6 is 0 Å². The zero-order valence-corrected chi connectivity index (χ0v) is 19.1. The van der Waals surface area contributed by atoms with Crippen LogP contribution in [0.3, 0.4) is 0 Å². The third-order valence-electron chi connectivity index (χ3n) is 6.21. The van der Waals surface area contributed by atoms with Gasteiger partial charge in [-0.05, 0) is 47.9 Å². The number of ether oxygens (including phenoxy) is 2. The van der Waals surface area contributed by atoms with Gasteiger partial charge < -0.3 is 24.3 Å². The van der Waals surface area contributed by atoms with Gasteiger partial charge in [0.05, 0.1) is 19.2 Å². The summed E-state index contributed by atoms with van der Waals surface area (Å²) in [4.78, 5) is 17.7. The highest BCUT2D eigenvalue weighted by Gasteiger charge is 2.16. The Morgan fingerprint density at radius 3 is 2.41 bits per heavy atom. The highest BCUT2D eigenvalue weighted by atomic mass is 16.5. The van der Waals surface area contributed by atoms with Crippen LogP contribution in [0.15, 0.2) is 53.3 Å². The molecule has 0 aliphatic carbocycles. The van der Waals surface area contributed by atoms with E-state index in [9.17, 15) is 4.79 Å². The minimum absolute atomic E-state index is 0.00113. The monoisotopic (exact) mass is 436 g/mol. The Morgan fingerprint density at radius 2 is 1.72 bits per heavy atom. The van der Waals surface area contributed by atoms with Gasteiger partial charge in [0.1, 0.15) is 5.75 Å². The van der Waals surface area contributed by atoms with Gasteiger partial charge in [0.2, 0.25) is 0 Å². The smallest absolute Gasteiger partial charge is 0.255 e. The number of fused-ring (bicyclic) bond motifs is 1. The van der Waals surface area contributed by atoms with Crippen LogP contribution in [0.25, 0.3) is 10.9 Å². The van der Waals surface area contributed by atoms with Crippen LogP contribution in [0.4, 0.5) is 11.4 Å². The van der Waals surface area contributed by atoms with Crippen molar-refractivity contribution in [1.29, 1.82) is 0 Å². The van der Waals surface area contributed by atoms with E-state index in [0.29, 0.717) is 6.54 Å². The molecule has 32 heavy (non-hydrogen) atoms. The minimum atomic E-state index is 0.00113. The normalized spacial score (nSPS) is 14.7. The summed E-state index contributed by atoms with van der Waals surface area (Å²) >= 11 is 0. The summed E-state index contributed by atoms with van der Waals surface area (Å²) in [6.45, 7) is 6.42. The van der Waals surface area contributed by atoms with Crippen LogP contribution in [-0.2, 0) is 18.3 Å². The zero-order chi connectivity index (χ0) is 22.5. The number of aromatic nitrogens is 1. The summed E-state index contributed by atoms with van der Waals surface area (Å²) < 4.78 is 12.2. The van der Waals surface area contributed by atoms with E-state index >= 15 is 0 Å². The first-order chi connectivity index (χ1) is 15.6. The Hall–Kier alpha value is -3.03. The summed E-state index contributed by atoms with van der Waals surface area (Å²) in [6.07, 6.45) is 0. The molecule has 0 saturated carbocycles. The van der Waals surface area contributed by atoms with Gasteiger partial charge >= 0.3 is 0 Å². The molecule has 0 atom stereocenters. The van der Waals surface area contributed by atoms with Crippen LogP contribution < -0.4 is 20.5 Å². The van der Waals surface area contributed by atoms with E-state index in [2.05, 4.69) is 39.4 Å². The number of aryl methyl sites for hydroxylation is 1. The average molecular weight is 437 g/mol. The first kappa shape index (κ1) is 22.2. The fourth-order valence-corrected chi connectivity index (χ4v) is 4.20. The number of benzene rings is 2. The molecule has 2 heterocycles. The van der Waals surface area contributed by atoms with Crippen molar-refractivity contribution < 1.29 is 9.47 Å². The summed E-state index contributed by atoms with van der Waals surface area (Å²) in [7, 11) is 5.18. The molecule has 1 saturated heterocycles. The highest BCUT2D eigenvalue weighted by Crippen LogP contribution is 2.22. The van der Waals surface area contributed by atoms with Crippen LogP contribution in [-0.4, -0.2) is 63.0 Å². The fraction of sp³-hybridized carbons (Fsp3) is 0.400. The second kappa shape index (κ2) is 10.1. The molecule has 2 aromatic carbocycles. The maximum absolute atomic E-state index is 12.8. The van der Waals surface area contributed by atoms with E-state index in [1.165, 1.54) is 5.69 Å². The van der Waals surface area contributed by atoms with Crippen molar-refractivity contribution in [3.05, 3.63) is 64.4 Å². The number of piperazine rings is 1. The number of anilines is 2. The van der Waals surface area contributed by atoms with E-state index in [1.807, 2.05) is 24.3 Å². The van der Waals surface area contributed by atoms with Gasteiger partial charge in [0, 0.05) is 76.4 Å². The second-order valence-electron chi connectivity index (χ2n) is 8.18. The van der Waals surface area contributed by atoms with Gasteiger partial charge in [0.15, 0.2) is 0 Å². The number of methoxy groups -OCH3 is 2. The van der Waals surface area contributed by atoms with Crippen molar-refractivity contribution in [1.82, 2.24) is 9.47 Å². The van der Waals surface area contributed by atoms with E-state index in [-0.39, 0.29) is 5.56 Å². The molecule has 0 amide bonds. The predicted molar refractivity (Wildman–Crippen MR) is 130 cm³/mol. The van der Waals surface area contributed by atoms with Gasteiger partial charge in [0.25, 0.3) is 5.56 Å². The van der Waals surface area contributed by atoms with Crippen molar-refractivity contribution in [2.24, 2.45) is 7.05 Å². The lowest BCUT2D eigenvalue weighted by Crippen LogP contribution is -2.47. The first-order valence-electron chi connectivity index (χ1n) is 11.1. The van der Waals surface area contributed by atoms with Crippen LogP contribution in [0.1, 0.15) is 5.56 Å². The molecule has 0 bridgehead atoms. The van der Waals surface area contributed by atoms with E-state index in [1.54, 1.807) is 25.8 Å².